The highest BCUT2D eigenvalue weighted by Gasteiger charge is 2.46. The Morgan fingerprint density at radius 1 is 1.03 bits per heavy atom. The lowest BCUT2D eigenvalue weighted by Gasteiger charge is -2.47. The number of aromatic nitrogens is 1. The monoisotopic (exact) mass is 445 g/mol. The van der Waals surface area contributed by atoms with Crippen LogP contribution in [-0.4, -0.2) is 58.6 Å². The molecule has 1 saturated carbocycles. The van der Waals surface area contributed by atoms with Crippen molar-refractivity contribution in [3.63, 3.8) is 0 Å². The second-order valence-corrected chi connectivity index (χ2v) is 9.74. The number of nitrogens with zero attached hydrogens (tertiary/aromatic N) is 3. The number of benzene rings is 2. The first kappa shape index (κ1) is 20.8. The number of amides is 1. The van der Waals surface area contributed by atoms with Gasteiger partial charge in [-0.1, -0.05) is 24.3 Å². The van der Waals surface area contributed by atoms with Gasteiger partial charge in [0.15, 0.2) is 0 Å². The Kier molecular flexibility index (Phi) is 5.15. The Labute approximate surface area is 193 Å². The summed E-state index contributed by atoms with van der Waals surface area (Å²) in [4.78, 5) is 20.7. The molecule has 1 aliphatic carbocycles. The van der Waals surface area contributed by atoms with Crippen LogP contribution < -0.4 is 0 Å². The third-order valence-corrected chi connectivity index (χ3v) is 7.46. The number of fused-ring (bicyclic) bond motifs is 1. The third kappa shape index (κ3) is 4.13. The molecule has 2 aliphatic heterocycles. The van der Waals surface area contributed by atoms with Crippen molar-refractivity contribution in [2.24, 2.45) is 0 Å². The molecular weight excluding hydrogens is 417 g/mol. The predicted molar refractivity (Wildman–Crippen MR) is 125 cm³/mol. The van der Waals surface area contributed by atoms with E-state index in [0.717, 1.165) is 72.8 Å². The van der Waals surface area contributed by atoms with Crippen molar-refractivity contribution in [3.8, 4) is 11.1 Å². The summed E-state index contributed by atoms with van der Waals surface area (Å²) in [6, 6.07) is 14.1. The van der Waals surface area contributed by atoms with Gasteiger partial charge in [0, 0.05) is 49.0 Å². The predicted octanol–water partition coefficient (Wildman–Crippen LogP) is 4.40. The molecule has 3 heterocycles. The molecule has 3 aliphatic rings. The van der Waals surface area contributed by atoms with Crippen molar-refractivity contribution in [1.29, 1.82) is 0 Å². The van der Waals surface area contributed by atoms with Crippen LogP contribution in [0.1, 0.15) is 31.2 Å². The number of pyridine rings is 1. The summed E-state index contributed by atoms with van der Waals surface area (Å²) >= 11 is 0. The van der Waals surface area contributed by atoms with Gasteiger partial charge in [-0.05, 0) is 60.4 Å². The lowest BCUT2D eigenvalue weighted by molar-refractivity contribution is -0.172. The zero-order valence-electron chi connectivity index (χ0n) is 18.7. The molecule has 0 atom stereocenters. The third-order valence-electron chi connectivity index (χ3n) is 7.46. The molecule has 1 spiro atoms. The lowest BCUT2D eigenvalue weighted by atomic mass is 9.89. The highest BCUT2D eigenvalue weighted by Crippen LogP contribution is 2.36. The minimum Gasteiger partial charge on any atom is -0.363 e. The highest BCUT2D eigenvalue weighted by atomic mass is 19.1. The number of carbonyl (C=O) groups excluding carboxylic acids is 1. The fourth-order valence-electron chi connectivity index (χ4n) is 5.24. The molecule has 2 aromatic carbocycles. The van der Waals surface area contributed by atoms with E-state index in [1.807, 2.05) is 41.4 Å². The van der Waals surface area contributed by atoms with Gasteiger partial charge in [0.2, 0.25) is 5.91 Å². The van der Waals surface area contributed by atoms with Crippen molar-refractivity contribution in [1.82, 2.24) is 14.8 Å². The van der Waals surface area contributed by atoms with Gasteiger partial charge in [-0.2, -0.15) is 0 Å². The van der Waals surface area contributed by atoms with Crippen LogP contribution in [0.25, 0.3) is 21.9 Å². The van der Waals surface area contributed by atoms with Crippen molar-refractivity contribution in [2.45, 2.75) is 43.9 Å². The summed E-state index contributed by atoms with van der Waals surface area (Å²) in [6.45, 7) is 3.23. The van der Waals surface area contributed by atoms with Gasteiger partial charge in [-0.15, -0.1) is 0 Å². The molecular formula is C27H28FN3O2. The maximum Gasteiger partial charge on any atom is 0.248 e. The fourth-order valence-corrected chi connectivity index (χ4v) is 5.24. The zero-order valence-corrected chi connectivity index (χ0v) is 18.7. The summed E-state index contributed by atoms with van der Waals surface area (Å²) < 4.78 is 21.1. The largest absolute Gasteiger partial charge is 0.363 e. The maximum absolute atomic E-state index is 15.0. The molecule has 1 aromatic heterocycles. The van der Waals surface area contributed by atoms with Crippen LogP contribution in [0.3, 0.4) is 0 Å². The van der Waals surface area contributed by atoms with E-state index in [9.17, 15) is 4.79 Å². The number of hydrogen-bond donors (Lipinski definition) is 0. The van der Waals surface area contributed by atoms with E-state index in [2.05, 4.69) is 16.0 Å². The van der Waals surface area contributed by atoms with Gasteiger partial charge in [0.1, 0.15) is 12.4 Å². The quantitative estimate of drug-likeness (QED) is 0.597. The SMILES string of the molecule is O=C1COC2(CCN(Cc3ccc(-c4ccc5cnccc5c4)cc3F)CC2)CN1C1CC1. The number of likely N-dealkylation sites (tertiary alicyclic amines) is 1. The molecule has 0 N–H and O–H groups in total. The summed E-state index contributed by atoms with van der Waals surface area (Å²) in [5, 5.41) is 2.17. The molecule has 2 saturated heterocycles. The van der Waals surface area contributed by atoms with Crippen LogP contribution in [0, 0.1) is 5.82 Å². The topological polar surface area (TPSA) is 45.7 Å². The van der Waals surface area contributed by atoms with Gasteiger partial charge in [-0.25, -0.2) is 4.39 Å². The molecule has 3 fully saturated rings. The molecule has 1 amide bonds. The van der Waals surface area contributed by atoms with Crippen molar-refractivity contribution in [2.75, 3.05) is 26.2 Å². The standard InChI is InChI=1S/C27H28FN3O2/c28-25-14-20(19-1-3-22-15-29-10-7-21(22)13-19)2-4-23(25)16-30-11-8-27(9-12-30)18-31(24-5-6-24)26(32)17-33-27/h1-4,7,10,13-15,24H,5-6,8-9,11-12,16-18H2. The van der Waals surface area contributed by atoms with Gasteiger partial charge < -0.3 is 9.64 Å². The Hall–Kier alpha value is -2.83. The van der Waals surface area contributed by atoms with Crippen molar-refractivity contribution in [3.05, 3.63) is 66.2 Å². The number of piperidine rings is 1. The second kappa shape index (κ2) is 8.19. The molecule has 3 aromatic rings. The van der Waals surface area contributed by atoms with Crippen LogP contribution in [0.2, 0.25) is 0 Å². The van der Waals surface area contributed by atoms with Gasteiger partial charge >= 0.3 is 0 Å². The molecule has 0 radical (unpaired) electrons. The fraction of sp³-hybridized carbons (Fsp3) is 0.407. The first-order chi connectivity index (χ1) is 16.1. The zero-order chi connectivity index (χ0) is 22.4. The summed E-state index contributed by atoms with van der Waals surface area (Å²) in [5.74, 6) is -0.0298. The number of halogens is 1. The van der Waals surface area contributed by atoms with Crippen LogP contribution in [0.15, 0.2) is 54.9 Å². The molecule has 6 heteroatoms. The van der Waals surface area contributed by atoms with E-state index in [1.165, 1.54) is 0 Å². The number of morpholine rings is 1. The number of ether oxygens (including phenoxy) is 1. The van der Waals surface area contributed by atoms with Crippen LogP contribution in [-0.2, 0) is 16.1 Å². The van der Waals surface area contributed by atoms with Crippen LogP contribution >= 0.6 is 0 Å². The van der Waals surface area contributed by atoms with Gasteiger partial charge in [-0.3, -0.25) is 14.7 Å². The average molecular weight is 446 g/mol. The van der Waals surface area contributed by atoms with Crippen molar-refractivity contribution >= 4 is 16.7 Å². The minimum absolute atomic E-state index is 0.135. The Bertz CT molecular complexity index is 1200. The van der Waals surface area contributed by atoms with E-state index < -0.39 is 0 Å². The Morgan fingerprint density at radius 3 is 2.61 bits per heavy atom. The Balaban J connectivity index is 1.12. The summed E-state index contributed by atoms with van der Waals surface area (Å²) in [6.07, 6.45) is 7.63. The second-order valence-electron chi connectivity index (χ2n) is 9.74. The van der Waals surface area contributed by atoms with E-state index in [1.54, 1.807) is 12.3 Å². The molecule has 33 heavy (non-hydrogen) atoms. The molecule has 0 bridgehead atoms. The molecule has 6 rings (SSSR count). The number of hydrogen-bond acceptors (Lipinski definition) is 4. The highest BCUT2D eigenvalue weighted by molar-refractivity contribution is 5.86. The van der Waals surface area contributed by atoms with E-state index in [-0.39, 0.29) is 23.9 Å². The van der Waals surface area contributed by atoms with Crippen LogP contribution in [0.5, 0.6) is 0 Å². The first-order valence-corrected chi connectivity index (χ1v) is 11.9. The van der Waals surface area contributed by atoms with Crippen LogP contribution in [0.4, 0.5) is 4.39 Å². The van der Waals surface area contributed by atoms with E-state index >= 15 is 4.39 Å². The van der Waals surface area contributed by atoms with Gasteiger partial charge in [0.25, 0.3) is 0 Å². The smallest absolute Gasteiger partial charge is 0.248 e. The molecule has 5 nitrogen and oxygen atoms in total. The number of carbonyl (C=O) groups is 1. The minimum atomic E-state index is -0.221. The summed E-state index contributed by atoms with van der Waals surface area (Å²) in [5.41, 5.74) is 2.39. The van der Waals surface area contributed by atoms with Crippen molar-refractivity contribution < 1.29 is 13.9 Å². The normalized spacial score (nSPS) is 21.1. The summed E-state index contributed by atoms with van der Waals surface area (Å²) in [7, 11) is 0. The number of rotatable bonds is 4. The first-order valence-electron chi connectivity index (χ1n) is 11.9. The van der Waals surface area contributed by atoms with E-state index in [4.69, 9.17) is 4.74 Å². The Morgan fingerprint density at radius 2 is 1.82 bits per heavy atom. The molecule has 170 valence electrons. The molecule has 0 unspecified atom stereocenters. The lowest BCUT2D eigenvalue weighted by Crippen LogP contribution is -2.59. The van der Waals surface area contributed by atoms with E-state index in [0.29, 0.717) is 12.6 Å². The average Bonchev–Trinajstić information content (AvgIpc) is 3.69. The maximum atomic E-state index is 15.0. The van der Waals surface area contributed by atoms with Gasteiger partial charge in [0.05, 0.1) is 12.1 Å².